The zero-order valence-electron chi connectivity index (χ0n) is 13.7. The van der Waals surface area contributed by atoms with Gasteiger partial charge in [0.2, 0.25) is 0 Å². The molecule has 1 aromatic carbocycles. The van der Waals surface area contributed by atoms with Crippen LogP contribution in [0.15, 0.2) is 22.7 Å². The van der Waals surface area contributed by atoms with Crippen molar-refractivity contribution in [3.05, 3.63) is 28.2 Å². The lowest BCUT2D eigenvalue weighted by Gasteiger charge is -2.28. The van der Waals surface area contributed by atoms with E-state index in [1.165, 1.54) is 0 Å². The maximum atomic E-state index is 12.5. The van der Waals surface area contributed by atoms with Crippen molar-refractivity contribution in [2.24, 2.45) is 0 Å². The molecule has 0 heterocycles. The van der Waals surface area contributed by atoms with Gasteiger partial charge < -0.3 is 14.4 Å². The summed E-state index contributed by atoms with van der Waals surface area (Å²) < 4.78 is 12.2. The van der Waals surface area contributed by atoms with Crippen molar-refractivity contribution >= 4 is 22.0 Å². The topological polar surface area (TPSA) is 38.8 Å². The van der Waals surface area contributed by atoms with Crippen molar-refractivity contribution in [3.8, 4) is 5.75 Å². The number of amides is 1. The second kappa shape index (κ2) is 6.90. The van der Waals surface area contributed by atoms with Gasteiger partial charge in [0, 0.05) is 16.1 Å². The average Bonchev–Trinajstić information content (AvgIpc) is 3.20. The van der Waals surface area contributed by atoms with E-state index in [0.717, 1.165) is 28.6 Å². The summed E-state index contributed by atoms with van der Waals surface area (Å²) in [7, 11) is 0. The maximum Gasteiger partial charge on any atom is 0.410 e. The molecule has 1 aliphatic rings. The van der Waals surface area contributed by atoms with Crippen LogP contribution in [0.5, 0.6) is 5.75 Å². The number of rotatable bonds is 5. The summed E-state index contributed by atoms with van der Waals surface area (Å²) in [6.45, 7) is 8.72. The van der Waals surface area contributed by atoms with E-state index in [9.17, 15) is 4.79 Å². The molecular formula is C17H24BrNO3. The molecule has 0 radical (unpaired) electrons. The third-order valence-electron chi connectivity index (χ3n) is 3.32. The van der Waals surface area contributed by atoms with Gasteiger partial charge in [-0.1, -0.05) is 22.0 Å². The quantitative estimate of drug-likeness (QED) is 0.751. The number of ether oxygens (including phenoxy) is 2. The molecule has 5 heteroatoms. The Morgan fingerprint density at radius 2 is 2.05 bits per heavy atom. The number of benzene rings is 1. The van der Waals surface area contributed by atoms with Crippen LogP contribution in [0, 0.1) is 0 Å². The van der Waals surface area contributed by atoms with Gasteiger partial charge in [0.05, 0.1) is 13.2 Å². The minimum atomic E-state index is -0.485. The number of hydrogen-bond acceptors (Lipinski definition) is 3. The lowest BCUT2D eigenvalue weighted by Crippen LogP contribution is -2.38. The molecule has 0 N–H and O–H groups in total. The van der Waals surface area contributed by atoms with Crippen LogP contribution < -0.4 is 4.74 Å². The molecule has 0 bridgehead atoms. The van der Waals surface area contributed by atoms with Crippen LogP contribution in [-0.2, 0) is 11.3 Å². The van der Waals surface area contributed by atoms with Crippen molar-refractivity contribution in [1.29, 1.82) is 0 Å². The van der Waals surface area contributed by atoms with Gasteiger partial charge in [-0.05, 0) is 52.7 Å². The summed E-state index contributed by atoms with van der Waals surface area (Å²) in [6, 6.07) is 6.12. The van der Waals surface area contributed by atoms with Gasteiger partial charge in [-0.3, -0.25) is 0 Å². The van der Waals surface area contributed by atoms with E-state index < -0.39 is 5.60 Å². The lowest BCUT2D eigenvalue weighted by molar-refractivity contribution is 0.0215. The number of halogens is 1. The van der Waals surface area contributed by atoms with Crippen LogP contribution in [0.4, 0.5) is 4.79 Å². The van der Waals surface area contributed by atoms with Crippen LogP contribution in [0.2, 0.25) is 0 Å². The van der Waals surface area contributed by atoms with Crippen molar-refractivity contribution < 1.29 is 14.3 Å². The van der Waals surface area contributed by atoms with E-state index in [1.54, 1.807) is 0 Å². The second-order valence-electron chi connectivity index (χ2n) is 6.49. The zero-order valence-corrected chi connectivity index (χ0v) is 15.3. The molecule has 0 aromatic heterocycles. The molecule has 2 rings (SSSR count). The second-order valence-corrected chi connectivity index (χ2v) is 7.34. The Morgan fingerprint density at radius 3 is 2.59 bits per heavy atom. The van der Waals surface area contributed by atoms with E-state index in [1.807, 2.05) is 50.8 Å². The summed E-state index contributed by atoms with van der Waals surface area (Å²) in [5, 5.41) is 0. The standard InChI is InChI=1S/C17H24BrNO3/c1-5-21-15-8-6-7-14(18)13(15)11-19(12-9-10-12)16(20)22-17(2,3)4/h6-8,12H,5,9-11H2,1-4H3. The molecule has 4 nitrogen and oxygen atoms in total. The first-order chi connectivity index (χ1) is 10.3. The van der Waals surface area contributed by atoms with E-state index in [-0.39, 0.29) is 12.1 Å². The van der Waals surface area contributed by atoms with Crippen LogP contribution in [0.3, 0.4) is 0 Å². The summed E-state index contributed by atoms with van der Waals surface area (Å²) in [5.74, 6) is 0.811. The Morgan fingerprint density at radius 1 is 1.36 bits per heavy atom. The highest BCUT2D eigenvalue weighted by Gasteiger charge is 2.36. The fourth-order valence-corrected chi connectivity index (χ4v) is 2.68. The smallest absolute Gasteiger partial charge is 0.410 e. The van der Waals surface area contributed by atoms with Gasteiger partial charge in [-0.15, -0.1) is 0 Å². The first kappa shape index (κ1) is 17.1. The number of hydrogen-bond donors (Lipinski definition) is 0. The van der Waals surface area contributed by atoms with Crippen molar-refractivity contribution in [2.75, 3.05) is 6.61 Å². The predicted molar refractivity (Wildman–Crippen MR) is 90.1 cm³/mol. The van der Waals surface area contributed by atoms with E-state index in [4.69, 9.17) is 9.47 Å². The molecular weight excluding hydrogens is 346 g/mol. The summed E-state index contributed by atoms with van der Waals surface area (Å²) >= 11 is 3.57. The average molecular weight is 370 g/mol. The van der Waals surface area contributed by atoms with E-state index >= 15 is 0 Å². The van der Waals surface area contributed by atoms with Crippen molar-refractivity contribution in [1.82, 2.24) is 4.90 Å². The Labute approximate surface area is 140 Å². The highest BCUT2D eigenvalue weighted by atomic mass is 79.9. The number of nitrogens with zero attached hydrogens (tertiary/aromatic N) is 1. The van der Waals surface area contributed by atoms with Crippen LogP contribution in [0.25, 0.3) is 0 Å². The summed E-state index contributed by atoms with van der Waals surface area (Å²) in [5.41, 5.74) is 0.503. The van der Waals surface area contributed by atoms with Gasteiger partial charge in [-0.2, -0.15) is 0 Å². The number of carbonyl (C=O) groups is 1. The normalized spacial score (nSPS) is 14.6. The summed E-state index contributed by atoms with van der Waals surface area (Å²) in [4.78, 5) is 14.3. The monoisotopic (exact) mass is 369 g/mol. The summed E-state index contributed by atoms with van der Waals surface area (Å²) in [6.07, 6.45) is 1.81. The Bertz CT molecular complexity index is 535. The molecule has 1 amide bonds. The Kier molecular flexibility index (Phi) is 5.37. The van der Waals surface area contributed by atoms with E-state index in [2.05, 4.69) is 15.9 Å². The van der Waals surface area contributed by atoms with Crippen LogP contribution in [0.1, 0.15) is 46.1 Å². The van der Waals surface area contributed by atoms with Crippen LogP contribution >= 0.6 is 15.9 Å². The predicted octanol–water partition coefficient (Wildman–Crippen LogP) is 4.75. The molecule has 1 aliphatic carbocycles. The van der Waals surface area contributed by atoms with Crippen molar-refractivity contribution in [2.45, 2.75) is 58.7 Å². The largest absolute Gasteiger partial charge is 0.493 e. The first-order valence-electron chi connectivity index (χ1n) is 7.71. The fourth-order valence-electron chi connectivity index (χ4n) is 2.20. The lowest BCUT2D eigenvalue weighted by atomic mass is 10.2. The third-order valence-corrected chi connectivity index (χ3v) is 4.06. The van der Waals surface area contributed by atoms with Gasteiger partial charge in [0.1, 0.15) is 11.4 Å². The van der Waals surface area contributed by atoms with Crippen molar-refractivity contribution in [3.63, 3.8) is 0 Å². The van der Waals surface area contributed by atoms with Gasteiger partial charge in [0.25, 0.3) is 0 Å². The molecule has 0 saturated heterocycles. The SMILES string of the molecule is CCOc1cccc(Br)c1CN(C(=O)OC(C)(C)C)C1CC1. The Hall–Kier alpha value is -1.23. The van der Waals surface area contributed by atoms with Gasteiger partial charge in [0.15, 0.2) is 0 Å². The minimum absolute atomic E-state index is 0.256. The highest BCUT2D eigenvalue weighted by Crippen LogP contribution is 2.34. The number of carbonyl (C=O) groups excluding carboxylic acids is 1. The molecule has 0 atom stereocenters. The molecule has 22 heavy (non-hydrogen) atoms. The maximum absolute atomic E-state index is 12.5. The third kappa shape index (κ3) is 4.63. The molecule has 1 saturated carbocycles. The molecule has 1 fully saturated rings. The zero-order chi connectivity index (χ0) is 16.3. The highest BCUT2D eigenvalue weighted by molar-refractivity contribution is 9.10. The van der Waals surface area contributed by atoms with Gasteiger partial charge >= 0.3 is 6.09 Å². The molecule has 1 aromatic rings. The molecule has 0 unspecified atom stereocenters. The molecule has 0 spiro atoms. The molecule has 122 valence electrons. The van der Waals surface area contributed by atoms with E-state index in [0.29, 0.717) is 13.2 Å². The first-order valence-corrected chi connectivity index (χ1v) is 8.51. The minimum Gasteiger partial charge on any atom is -0.493 e. The van der Waals surface area contributed by atoms with Gasteiger partial charge in [-0.25, -0.2) is 4.79 Å². The Balaban J connectivity index is 2.20. The fraction of sp³-hybridized carbons (Fsp3) is 0.588. The molecule has 0 aliphatic heterocycles. The van der Waals surface area contributed by atoms with Crippen LogP contribution in [-0.4, -0.2) is 29.2 Å².